The highest BCUT2D eigenvalue weighted by Crippen LogP contribution is 2.33. The molecule has 112 valence electrons. The second-order valence-corrected chi connectivity index (χ2v) is 5.36. The molecule has 0 aliphatic carbocycles. The summed E-state index contributed by atoms with van der Waals surface area (Å²) in [5.41, 5.74) is 12.8. The zero-order chi connectivity index (χ0) is 15.1. The van der Waals surface area contributed by atoms with Crippen molar-refractivity contribution in [1.29, 1.82) is 0 Å². The Labute approximate surface area is 126 Å². The van der Waals surface area contributed by atoms with E-state index in [9.17, 15) is 4.79 Å². The van der Waals surface area contributed by atoms with Crippen LogP contribution in [0.3, 0.4) is 0 Å². The number of primary amides is 1. The molecule has 4 N–H and O–H groups in total. The van der Waals surface area contributed by atoms with Crippen molar-refractivity contribution >= 4 is 28.9 Å². The summed E-state index contributed by atoms with van der Waals surface area (Å²) in [5.74, 6) is -0.493. The number of halogens is 1. The van der Waals surface area contributed by atoms with Crippen LogP contribution in [0.25, 0.3) is 0 Å². The molecule has 1 aromatic rings. The molecule has 0 spiro atoms. The molecule has 0 unspecified atom stereocenters. The number of anilines is 2. The van der Waals surface area contributed by atoms with Crippen molar-refractivity contribution in [2.45, 2.75) is 39.5 Å². The van der Waals surface area contributed by atoms with E-state index in [-0.39, 0.29) is 0 Å². The first-order valence-electron chi connectivity index (χ1n) is 7.15. The van der Waals surface area contributed by atoms with Gasteiger partial charge in [0.25, 0.3) is 5.91 Å². The number of nitrogen functional groups attached to an aromatic ring is 1. The largest absolute Gasteiger partial charge is 0.399 e. The fraction of sp³-hybridized carbons (Fsp3) is 0.533. The molecular weight excluding hydrogens is 274 g/mol. The van der Waals surface area contributed by atoms with Crippen molar-refractivity contribution in [2.24, 2.45) is 5.73 Å². The molecule has 1 amide bonds. The summed E-state index contributed by atoms with van der Waals surface area (Å²) in [7, 11) is 0. The molecule has 1 aromatic carbocycles. The van der Waals surface area contributed by atoms with Gasteiger partial charge < -0.3 is 16.4 Å². The van der Waals surface area contributed by atoms with Crippen molar-refractivity contribution in [1.82, 2.24) is 0 Å². The van der Waals surface area contributed by atoms with E-state index in [0.29, 0.717) is 16.3 Å². The molecule has 0 aromatic heterocycles. The number of rotatable bonds is 8. The molecule has 0 heterocycles. The number of carbonyl (C=O) groups excluding carboxylic acids is 1. The summed E-state index contributed by atoms with van der Waals surface area (Å²) in [6.07, 6.45) is 4.26. The molecule has 0 aliphatic rings. The topological polar surface area (TPSA) is 72.3 Å². The third-order valence-electron chi connectivity index (χ3n) is 3.23. The molecule has 0 radical (unpaired) electrons. The van der Waals surface area contributed by atoms with E-state index in [1.807, 2.05) is 0 Å². The molecule has 0 saturated carbocycles. The van der Waals surface area contributed by atoms with Crippen LogP contribution in [0, 0.1) is 0 Å². The van der Waals surface area contributed by atoms with Crippen LogP contribution in [0.1, 0.15) is 49.9 Å². The summed E-state index contributed by atoms with van der Waals surface area (Å²) in [5, 5.41) is 0.492. The van der Waals surface area contributed by atoms with Crippen LogP contribution in [0.2, 0.25) is 5.02 Å². The highest BCUT2D eigenvalue weighted by atomic mass is 35.5. The Morgan fingerprint density at radius 2 is 1.75 bits per heavy atom. The molecular formula is C15H24ClN3O. The summed E-state index contributed by atoms with van der Waals surface area (Å²) >= 11 is 6.30. The van der Waals surface area contributed by atoms with Gasteiger partial charge in [-0.15, -0.1) is 0 Å². The molecule has 1 rings (SSSR count). The lowest BCUT2D eigenvalue weighted by molar-refractivity contribution is 0.100. The van der Waals surface area contributed by atoms with Crippen molar-refractivity contribution in [3.8, 4) is 0 Å². The maximum atomic E-state index is 11.7. The molecule has 0 atom stereocenters. The first-order valence-corrected chi connectivity index (χ1v) is 7.52. The summed E-state index contributed by atoms with van der Waals surface area (Å²) < 4.78 is 0. The van der Waals surface area contributed by atoms with Gasteiger partial charge >= 0.3 is 0 Å². The monoisotopic (exact) mass is 297 g/mol. The van der Waals surface area contributed by atoms with Crippen LogP contribution < -0.4 is 16.4 Å². The first-order chi connectivity index (χ1) is 9.51. The van der Waals surface area contributed by atoms with Crippen LogP contribution in [-0.4, -0.2) is 19.0 Å². The molecule has 0 bridgehead atoms. The molecule has 0 saturated heterocycles. The van der Waals surface area contributed by atoms with Crippen LogP contribution in [0.4, 0.5) is 11.4 Å². The molecule has 0 aliphatic heterocycles. The van der Waals surface area contributed by atoms with Crippen LogP contribution in [0.5, 0.6) is 0 Å². The molecule has 4 nitrogen and oxygen atoms in total. The number of nitrogens with zero attached hydrogens (tertiary/aromatic N) is 1. The zero-order valence-corrected chi connectivity index (χ0v) is 13.0. The van der Waals surface area contributed by atoms with E-state index in [1.165, 1.54) is 0 Å². The summed E-state index contributed by atoms with van der Waals surface area (Å²) in [4.78, 5) is 13.8. The normalized spacial score (nSPS) is 10.6. The number of amides is 1. The van der Waals surface area contributed by atoms with Gasteiger partial charge in [-0.05, 0) is 25.0 Å². The third-order valence-corrected chi connectivity index (χ3v) is 3.52. The number of hydrogen-bond acceptors (Lipinski definition) is 3. The molecule has 0 fully saturated rings. The van der Waals surface area contributed by atoms with Gasteiger partial charge in [-0.3, -0.25) is 4.79 Å². The molecule has 5 heteroatoms. The standard InChI is InChI=1S/C15H24ClN3O/c1-3-5-7-19(8-6-4-2)14-12(15(18)20)9-11(17)10-13(14)16/h9-10H,3-8,17H2,1-2H3,(H2,18,20). The highest BCUT2D eigenvalue weighted by molar-refractivity contribution is 6.34. The minimum absolute atomic E-state index is 0.405. The quantitative estimate of drug-likeness (QED) is 0.722. The van der Waals surface area contributed by atoms with E-state index >= 15 is 0 Å². The van der Waals surface area contributed by atoms with E-state index < -0.39 is 5.91 Å². The van der Waals surface area contributed by atoms with Gasteiger partial charge in [0.2, 0.25) is 0 Å². The number of unbranched alkanes of at least 4 members (excludes halogenated alkanes) is 2. The SMILES string of the molecule is CCCCN(CCCC)c1c(Cl)cc(N)cc1C(N)=O. The minimum atomic E-state index is -0.493. The van der Waals surface area contributed by atoms with Crippen molar-refractivity contribution in [3.05, 3.63) is 22.7 Å². The van der Waals surface area contributed by atoms with Gasteiger partial charge in [0.15, 0.2) is 0 Å². The summed E-state index contributed by atoms with van der Waals surface area (Å²) in [6.45, 7) is 6.00. The lowest BCUT2D eigenvalue weighted by Gasteiger charge is -2.27. The second-order valence-electron chi connectivity index (χ2n) is 4.96. The maximum absolute atomic E-state index is 11.7. The van der Waals surface area contributed by atoms with Gasteiger partial charge in [0.05, 0.1) is 16.3 Å². The fourth-order valence-corrected chi connectivity index (χ4v) is 2.51. The molecule has 20 heavy (non-hydrogen) atoms. The van der Waals surface area contributed by atoms with Crippen molar-refractivity contribution in [3.63, 3.8) is 0 Å². The van der Waals surface area contributed by atoms with Gasteiger partial charge in [-0.2, -0.15) is 0 Å². The van der Waals surface area contributed by atoms with E-state index in [0.717, 1.165) is 44.5 Å². The Kier molecular flexibility index (Phi) is 6.65. The average molecular weight is 298 g/mol. The maximum Gasteiger partial charge on any atom is 0.250 e. The predicted molar refractivity (Wildman–Crippen MR) is 86.4 cm³/mol. The second kappa shape index (κ2) is 8.00. The van der Waals surface area contributed by atoms with Crippen molar-refractivity contribution in [2.75, 3.05) is 23.7 Å². The minimum Gasteiger partial charge on any atom is -0.399 e. The van der Waals surface area contributed by atoms with E-state index in [2.05, 4.69) is 18.7 Å². The van der Waals surface area contributed by atoms with Crippen molar-refractivity contribution < 1.29 is 4.79 Å². The smallest absolute Gasteiger partial charge is 0.250 e. The lowest BCUT2D eigenvalue weighted by atomic mass is 10.1. The van der Waals surface area contributed by atoms with E-state index in [1.54, 1.807) is 12.1 Å². The Hall–Kier alpha value is -1.42. The van der Waals surface area contributed by atoms with Crippen LogP contribution in [-0.2, 0) is 0 Å². The number of nitrogens with two attached hydrogens (primary N) is 2. The first kappa shape index (κ1) is 16.6. The summed E-state index contributed by atoms with van der Waals surface area (Å²) in [6, 6.07) is 3.28. The Morgan fingerprint density at radius 1 is 1.20 bits per heavy atom. The Bertz CT molecular complexity index is 455. The number of hydrogen-bond donors (Lipinski definition) is 2. The van der Waals surface area contributed by atoms with Gasteiger partial charge in [-0.25, -0.2) is 0 Å². The van der Waals surface area contributed by atoms with Gasteiger partial charge in [-0.1, -0.05) is 38.3 Å². The average Bonchev–Trinajstić information content (AvgIpc) is 2.39. The number of benzene rings is 1. The van der Waals surface area contributed by atoms with Crippen LogP contribution in [0.15, 0.2) is 12.1 Å². The Morgan fingerprint density at radius 3 is 2.20 bits per heavy atom. The van der Waals surface area contributed by atoms with Gasteiger partial charge in [0, 0.05) is 18.8 Å². The number of carbonyl (C=O) groups is 1. The Balaban J connectivity index is 3.18. The van der Waals surface area contributed by atoms with Gasteiger partial charge in [0.1, 0.15) is 0 Å². The predicted octanol–water partition coefficient (Wildman–Crippen LogP) is 3.43. The fourth-order valence-electron chi connectivity index (χ4n) is 2.16. The van der Waals surface area contributed by atoms with Crippen LogP contribution >= 0.6 is 11.6 Å². The van der Waals surface area contributed by atoms with E-state index in [4.69, 9.17) is 23.1 Å². The highest BCUT2D eigenvalue weighted by Gasteiger charge is 2.18. The third kappa shape index (κ3) is 4.30. The zero-order valence-electron chi connectivity index (χ0n) is 12.3. The lowest BCUT2D eigenvalue weighted by Crippen LogP contribution is -2.29.